The zero-order chi connectivity index (χ0) is 18.8. The van der Waals surface area contributed by atoms with E-state index in [-0.39, 0.29) is 20.8 Å². The monoisotopic (exact) mass is 432 g/mol. The molecule has 1 saturated heterocycles. The van der Waals surface area contributed by atoms with E-state index in [1.54, 1.807) is 0 Å². The first kappa shape index (κ1) is 19.0. The molecule has 1 aliphatic rings. The second kappa shape index (κ2) is 7.82. The number of carboxylic acids is 1. The van der Waals surface area contributed by atoms with Gasteiger partial charge in [-0.2, -0.15) is 0 Å². The van der Waals surface area contributed by atoms with E-state index in [1.807, 2.05) is 0 Å². The number of imidazole rings is 1. The Balaban J connectivity index is 1.64. The Morgan fingerprint density at radius 3 is 2.85 bits per heavy atom. The topological polar surface area (TPSA) is 183 Å². The number of aliphatic hydroxyl groups is 2. The molecular formula is C14H20N6O5Se. The normalized spacial score (nSPS) is 27.0. The van der Waals surface area contributed by atoms with E-state index in [4.69, 9.17) is 21.3 Å². The molecule has 0 aromatic carbocycles. The number of carboxylic acid groups (broad SMARTS) is 1. The first-order chi connectivity index (χ1) is 12.4. The van der Waals surface area contributed by atoms with Gasteiger partial charge in [0.25, 0.3) is 0 Å². The van der Waals surface area contributed by atoms with Crippen molar-refractivity contribution in [2.45, 2.75) is 47.6 Å². The quantitative estimate of drug-likeness (QED) is 0.252. The molecule has 2 aromatic rings. The molecule has 1 aliphatic heterocycles. The van der Waals surface area contributed by atoms with Gasteiger partial charge in [0.2, 0.25) is 0 Å². The average molecular weight is 431 g/mol. The Morgan fingerprint density at radius 1 is 1.35 bits per heavy atom. The van der Waals surface area contributed by atoms with Crippen LogP contribution in [0.3, 0.4) is 0 Å². The number of fused-ring (bicyclic) bond motifs is 1. The molecule has 2 aromatic heterocycles. The molecule has 12 heteroatoms. The van der Waals surface area contributed by atoms with Crippen LogP contribution >= 0.6 is 0 Å². The van der Waals surface area contributed by atoms with Crippen molar-refractivity contribution in [3.8, 4) is 0 Å². The summed E-state index contributed by atoms with van der Waals surface area (Å²) in [6, 6.07) is -0.882. The van der Waals surface area contributed by atoms with Crippen LogP contribution in [-0.4, -0.2) is 80.1 Å². The summed E-state index contributed by atoms with van der Waals surface area (Å²) in [5.41, 5.74) is 12.0. The summed E-state index contributed by atoms with van der Waals surface area (Å²) < 4.78 is 7.35. The van der Waals surface area contributed by atoms with Crippen LogP contribution < -0.4 is 11.5 Å². The van der Waals surface area contributed by atoms with E-state index in [2.05, 4.69) is 15.0 Å². The van der Waals surface area contributed by atoms with E-state index in [0.717, 1.165) is 0 Å². The summed E-state index contributed by atoms with van der Waals surface area (Å²) in [5, 5.41) is 30.6. The third-order valence-electron chi connectivity index (χ3n) is 4.17. The van der Waals surface area contributed by atoms with Crippen LogP contribution in [0.2, 0.25) is 10.6 Å². The van der Waals surface area contributed by atoms with E-state index in [9.17, 15) is 15.0 Å². The molecule has 142 valence electrons. The summed E-state index contributed by atoms with van der Waals surface area (Å²) in [5.74, 6) is -0.807. The number of aliphatic hydroxyl groups excluding tert-OH is 2. The third kappa shape index (κ3) is 3.65. The maximum absolute atomic E-state index is 10.7. The number of nitrogens with zero attached hydrogens (tertiary/aromatic N) is 4. The molecule has 0 bridgehead atoms. The van der Waals surface area contributed by atoms with Gasteiger partial charge in [-0.15, -0.1) is 0 Å². The fourth-order valence-corrected chi connectivity index (χ4v) is 4.98. The predicted octanol–water partition coefficient (Wildman–Crippen LogP) is -1.63. The molecule has 1 fully saturated rings. The average Bonchev–Trinajstić information content (AvgIpc) is 3.15. The molecule has 1 unspecified atom stereocenters. The van der Waals surface area contributed by atoms with Gasteiger partial charge in [-0.1, -0.05) is 0 Å². The fraction of sp³-hybridized carbons (Fsp3) is 0.571. The number of rotatable bonds is 7. The number of hydrogen-bond donors (Lipinski definition) is 5. The van der Waals surface area contributed by atoms with Crippen molar-refractivity contribution in [3.05, 3.63) is 12.7 Å². The van der Waals surface area contributed by atoms with Gasteiger partial charge in [0, 0.05) is 0 Å². The molecular weight excluding hydrogens is 411 g/mol. The van der Waals surface area contributed by atoms with E-state index >= 15 is 0 Å². The Kier molecular flexibility index (Phi) is 5.70. The molecule has 7 N–H and O–H groups in total. The number of carbonyl (C=O) groups is 1. The second-order valence-electron chi connectivity index (χ2n) is 5.94. The number of nitrogens with two attached hydrogens (primary N) is 2. The third-order valence-corrected chi connectivity index (χ3v) is 6.45. The van der Waals surface area contributed by atoms with Crippen LogP contribution in [0.15, 0.2) is 12.7 Å². The standard InChI is InChI=1S/C14H20N6O5Se/c15-6(14(23)24)1-2-26-3-7-9(21)10(22)13(25-7)20-5-19-8-11(16)17-4-18-12(8)20/h4-7,9-10,13,21-22H,1-3,15H2,(H,23,24)(H2,16,17,18)/t6-,7-,9-,10?,13-/m1/s1. The van der Waals surface area contributed by atoms with Gasteiger partial charge in [0.05, 0.1) is 0 Å². The molecule has 5 atom stereocenters. The zero-order valence-electron chi connectivity index (χ0n) is 13.7. The Morgan fingerprint density at radius 2 is 2.12 bits per heavy atom. The van der Waals surface area contributed by atoms with Crippen LogP contribution in [0.4, 0.5) is 5.82 Å². The first-order valence-corrected chi connectivity index (χ1v) is 10.3. The molecule has 11 nitrogen and oxygen atoms in total. The number of aromatic nitrogens is 4. The second-order valence-corrected chi connectivity index (χ2v) is 8.35. The van der Waals surface area contributed by atoms with Crippen LogP contribution in [0.1, 0.15) is 12.6 Å². The van der Waals surface area contributed by atoms with E-state index in [0.29, 0.717) is 28.2 Å². The summed E-state index contributed by atoms with van der Waals surface area (Å²) >= 11 is 0.0247. The number of anilines is 1. The van der Waals surface area contributed by atoms with Crippen molar-refractivity contribution in [2.24, 2.45) is 5.73 Å². The zero-order valence-corrected chi connectivity index (χ0v) is 15.4. The van der Waals surface area contributed by atoms with Crippen molar-refractivity contribution in [1.82, 2.24) is 19.5 Å². The minimum atomic E-state index is -1.15. The van der Waals surface area contributed by atoms with Crippen molar-refractivity contribution in [3.63, 3.8) is 0 Å². The van der Waals surface area contributed by atoms with Gasteiger partial charge in [-0.05, 0) is 0 Å². The fourth-order valence-electron chi connectivity index (χ4n) is 2.69. The number of nitrogen functional groups attached to an aromatic ring is 1. The molecule has 0 aliphatic carbocycles. The summed E-state index contributed by atoms with van der Waals surface area (Å²) in [6.07, 6.45) is -0.515. The molecule has 0 radical (unpaired) electrons. The van der Waals surface area contributed by atoms with Crippen LogP contribution in [0.5, 0.6) is 0 Å². The summed E-state index contributed by atoms with van der Waals surface area (Å²) in [6.45, 7) is 0. The first-order valence-electron chi connectivity index (χ1n) is 7.91. The minimum absolute atomic E-state index is 0.0247. The Labute approximate surface area is 154 Å². The van der Waals surface area contributed by atoms with Gasteiger partial charge < -0.3 is 0 Å². The SMILES string of the molecule is Nc1ncnc2c1ncn2[C@@H]1O[C@H](C[Se]CC[C@@H](N)C(=O)O)[C@@H](O)C1O. The molecule has 26 heavy (non-hydrogen) atoms. The van der Waals surface area contributed by atoms with Crippen molar-refractivity contribution in [2.75, 3.05) is 5.73 Å². The van der Waals surface area contributed by atoms with Crippen LogP contribution in [0.25, 0.3) is 11.2 Å². The number of hydrogen-bond acceptors (Lipinski definition) is 9. The van der Waals surface area contributed by atoms with Gasteiger partial charge in [0.15, 0.2) is 0 Å². The van der Waals surface area contributed by atoms with Gasteiger partial charge in [-0.25, -0.2) is 0 Å². The number of aliphatic carboxylic acids is 1. The molecule has 0 amide bonds. The summed E-state index contributed by atoms with van der Waals surface area (Å²) in [7, 11) is 0. The molecule has 3 heterocycles. The molecule has 3 rings (SSSR count). The molecule has 0 saturated carbocycles. The van der Waals surface area contributed by atoms with E-state index < -0.39 is 36.6 Å². The van der Waals surface area contributed by atoms with Crippen molar-refractivity contribution >= 4 is 37.9 Å². The maximum atomic E-state index is 10.7. The Bertz CT molecular complexity index is 788. The van der Waals surface area contributed by atoms with Crippen molar-refractivity contribution < 1.29 is 24.9 Å². The van der Waals surface area contributed by atoms with Gasteiger partial charge in [0.1, 0.15) is 0 Å². The van der Waals surface area contributed by atoms with Gasteiger partial charge >= 0.3 is 154 Å². The number of ether oxygens (including phenoxy) is 1. The van der Waals surface area contributed by atoms with Crippen molar-refractivity contribution in [1.29, 1.82) is 0 Å². The van der Waals surface area contributed by atoms with Crippen LogP contribution in [0, 0.1) is 0 Å². The van der Waals surface area contributed by atoms with Gasteiger partial charge in [-0.3, -0.25) is 0 Å². The predicted molar refractivity (Wildman–Crippen MR) is 91.3 cm³/mol. The summed E-state index contributed by atoms with van der Waals surface area (Å²) in [4.78, 5) is 22.8. The van der Waals surface area contributed by atoms with Crippen LogP contribution in [-0.2, 0) is 9.53 Å². The molecule has 0 spiro atoms. The Hall–Kier alpha value is -1.82. The van der Waals surface area contributed by atoms with E-state index in [1.165, 1.54) is 17.2 Å².